The SMILES string of the molecule is CN/C=C(\C(=N)CN1CCN(c2cccnc2)CC1)c1cnc2ccc(Nc3cc(C(C)C)cnn3)nc2c1. The first-order valence-corrected chi connectivity index (χ1v) is 13.2. The second kappa shape index (κ2) is 12.0. The molecule has 10 heteroatoms. The van der Waals surface area contributed by atoms with Crippen LogP contribution in [0.2, 0.25) is 0 Å². The molecular formula is C29H34N10. The van der Waals surface area contributed by atoms with Gasteiger partial charge in [0.2, 0.25) is 0 Å². The minimum absolute atomic E-state index is 0.357. The van der Waals surface area contributed by atoms with Crippen LogP contribution in [0.4, 0.5) is 17.3 Å². The molecule has 4 aromatic rings. The van der Waals surface area contributed by atoms with Crippen LogP contribution >= 0.6 is 0 Å². The van der Waals surface area contributed by atoms with E-state index in [1.54, 1.807) is 12.4 Å². The van der Waals surface area contributed by atoms with Gasteiger partial charge in [0.25, 0.3) is 0 Å². The van der Waals surface area contributed by atoms with Gasteiger partial charge in [-0.3, -0.25) is 14.9 Å². The number of hydrogen-bond donors (Lipinski definition) is 3. The number of pyridine rings is 3. The maximum atomic E-state index is 8.94. The van der Waals surface area contributed by atoms with E-state index in [0.717, 1.165) is 59.6 Å². The van der Waals surface area contributed by atoms with Crippen molar-refractivity contribution in [3.05, 3.63) is 78.5 Å². The summed E-state index contributed by atoms with van der Waals surface area (Å²) >= 11 is 0. The predicted octanol–water partition coefficient (Wildman–Crippen LogP) is 4.08. The molecule has 0 unspecified atom stereocenters. The van der Waals surface area contributed by atoms with Crippen LogP contribution in [-0.4, -0.2) is 75.5 Å². The largest absolute Gasteiger partial charge is 0.393 e. The first-order valence-electron chi connectivity index (χ1n) is 13.2. The molecule has 5 rings (SSSR count). The Hall–Kier alpha value is -4.44. The number of nitrogens with zero attached hydrogens (tertiary/aromatic N) is 7. The predicted molar refractivity (Wildman–Crippen MR) is 157 cm³/mol. The highest BCUT2D eigenvalue weighted by molar-refractivity contribution is 6.23. The minimum atomic E-state index is 0.357. The fraction of sp³-hybridized carbons (Fsp3) is 0.310. The van der Waals surface area contributed by atoms with Crippen molar-refractivity contribution in [1.29, 1.82) is 5.41 Å². The summed E-state index contributed by atoms with van der Waals surface area (Å²) in [7, 11) is 1.85. The lowest BCUT2D eigenvalue weighted by atomic mass is 10.0. The van der Waals surface area contributed by atoms with Gasteiger partial charge in [-0.2, -0.15) is 5.10 Å². The van der Waals surface area contributed by atoms with Crippen LogP contribution in [0.15, 0.2) is 67.4 Å². The first-order chi connectivity index (χ1) is 19.0. The summed E-state index contributed by atoms with van der Waals surface area (Å²) in [5.74, 6) is 1.67. The molecule has 1 aliphatic heterocycles. The van der Waals surface area contributed by atoms with Gasteiger partial charge in [-0.15, -0.1) is 5.10 Å². The second-order valence-electron chi connectivity index (χ2n) is 9.91. The summed E-state index contributed by atoms with van der Waals surface area (Å²) in [4.78, 5) is 18.3. The van der Waals surface area contributed by atoms with Crippen LogP contribution in [-0.2, 0) is 0 Å². The molecule has 39 heavy (non-hydrogen) atoms. The molecule has 5 heterocycles. The highest BCUT2D eigenvalue weighted by Gasteiger charge is 2.20. The molecular weight excluding hydrogens is 488 g/mol. The van der Waals surface area contributed by atoms with E-state index < -0.39 is 0 Å². The van der Waals surface area contributed by atoms with Gasteiger partial charge >= 0.3 is 0 Å². The molecule has 0 aliphatic carbocycles. The maximum Gasteiger partial charge on any atom is 0.154 e. The number of rotatable bonds is 9. The van der Waals surface area contributed by atoms with Crippen molar-refractivity contribution in [2.75, 3.05) is 50.0 Å². The van der Waals surface area contributed by atoms with Crippen molar-refractivity contribution in [1.82, 2.24) is 35.4 Å². The van der Waals surface area contributed by atoms with E-state index in [-0.39, 0.29) is 0 Å². The summed E-state index contributed by atoms with van der Waals surface area (Å²) in [5, 5.41) is 23.6. The van der Waals surface area contributed by atoms with Crippen molar-refractivity contribution in [2.24, 2.45) is 0 Å². The molecule has 0 aromatic carbocycles. The van der Waals surface area contributed by atoms with Crippen molar-refractivity contribution in [2.45, 2.75) is 19.8 Å². The Morgan fingerprint density at radius 2 is 1.87 bits per heavy atom. The molecule has 10 nitrogen and oxygen atoms in total. The average molecular weight is 523 g/mol. The van der Waals surface area contributed by atoms with Crippen LogP contribution in [0.25, 0.3) is 16.6 Å². The third-order valence-corrected chi connectivity index (χ3v) is 6.83. The molecule has 0 atom stereocenters. The van der Waals surface area contributed by atoms with Gasteiger partial charge in [0.1, 0.15) is 5.82 Å². The standard InChI is InChI=1S/C29H34N10/c1-20(2)21-14-29(37-34-16-21)36-28-7-6-26-27(35-28)13-22(15-33-26)24(18-31-3)25(30)19-38-9-11-39(12-10-38)23-5-4-8-32-17-23/h4-8,13-18,20,30-31H,9-12,19H2,1-3H3,(H,35,36,37)/b24-18-,30-25?. The van der Waals surface area contributed by atoms with Crippen molar-refractivity contribution >= 4 is 39.6 Å². The minimum Gasteiger partial charge on any atom is -0.393 e. The average Bonchev–Trinajstić information content (AvgIpc) is 2.96. The summed E-state index contributed by atoms with van der Waals surface area (Å²) in [6, 6.07) is 11.9. The molecule has 1 fully saturated rings. The quantitative estimate of drug-likeness (QED) is 0.279. The molecule has 3 N–H and O–H groups in total. The Bertz CT molecular complexity index is 1460. The summed E-state index contributed by atoms with van der Waals surface area (Å²) < 4.78 is 0. The molecule has 4 aromatic heterocycles. The van der Waals surface area contributed by atoms with E-state index in [1.807, 2.05) is 56.0 Å². The highest BCUT2D eigenvalue weighted by Crippen LogP contribution is 2.23. The van der Waals surface area contributed by atoms with Gasteiger partial charge in [0.15, 0.2) is 5.82 Å². The summed E-state index contributed by atoms with van der Waals surface area (Å²) in [6.45, 7) is 8.40. The fourth-order valence-corrected chi connectivity index (χ4v) is 4.62. The zero-order chi connectivity index (χ0) is 27.2. The molecule has 200 valence electrons. The van der Waals surface area contributed by atoms with E-state index in [2.05, 4.69) is 60.5 Å². The van der Waals surface area contributed by atoms with Crippen LogP contribution in [0.1, 0.15) is 30.9 Å². The summed E-state index contributed by atoms with van der Waals surface area (Å²) in [5.41, 5.74) is 5.97. The van der Waals surface area contributed by atoms with E-state index in [9.17, 15) is 0 Å². The smallest absolute Gasteiger partial charge is 0.154 e. The van der Waals surface area contributed by atoms with Crippen LogP contribution < -0.4 is 15.5 Å². The number of nitrogens with one attached hydrogen (secondary N) is 3. The Morgan fingerprint density at radius 1 is 1.03 bits per heavy atom. The lowest BCUT2D eigenvalue weighted by Gasteiger charge is -2.36. The fourth-order valence-electron chi connectivity index (χ4n) is 4.62. The molecule has 0 spiro atoms. The highest BCUT2D eigenvalue weighted by atomic mass is 15.3. The van der Waals surface area contributed by atoms with Crippen molar-refractivity contribution in [3.8, 4) is 0 Å². The second-order valence-corrected chi connectivity index (χ2v) is 9.91. The van der Waals surface area contributed by atoms with Crippen LogP contribution in [0, 0.1) is 5.41 Å². The topological polar surface area (TPSA) is 119 Å². The van der Waals surface area contributed by atoms with Gasteiger partial charge in [-0.25, -0.2) is 4.98 Å². The third-order valence-electron chi connectivity index (χ3n) is 6.83. The molecule has 1 aliphatic rings. The lowest BCUT2D eigenvalue weighted by molar-refractivity contribution is 0.292. The number of hydrogen-bond acceptors (Lipinski definition) is 10. The summed E-state index contributed by atoms with van der Waals surface area (Å²) in [6.07, 6.45) is 9.17. The Labute approximate surface area is 228 Å². The first kappa shape index (κ1) is 26.2. The van der Waals surface area contributed by atoms with Gasteiger partial charge in [-0.05, 0) is 47.9 Å². The van der Waals surface area contributed by atoms with E-state index in [1.165, 1.54) is 0 Å². The van der Waals surface area contributed by atoms with Gasteiger partial charge < -0.3 is 20.9 Å². The van der Waals surface area contributed by atoms with Crippen LogP contribution in [0.5, 0.6) is 0 Å². The van der Waals surface area contributed by atoms with Gasteiger partial charge in [0, 0.05) is 69.5 Å². The van der Waals surface area contributed by atoms with Crippen LogP contribution in [0.3, 0.4) is 0 Å². The third kappa shape index (κ3) is 6.35. The van der Waals surface area contributed by atoms with E-state index >= 15 is 0 Å². The van der Waals surface area contributed by atoms with Crippen molar-refractivity contribution < 1.29 is 0 Å². The molecule has 0 radical (unpaired) electrons. The number of aromatic nitrogens is 5. The Kier molecular flexibility index (Phi) is 8.02. The Balaban J connectivity index is 1.29. The van der Waals surface area contributed by atoms with Gasteiger partial charge in [-0.1, -0.05) is 13.8 Å². The zero-order valence-corrected chi connectivity index (χ0v) is 22.6. The zero-order valence-electron chi connectivity index (χ0n) is 22.6. The normalized spacial score (nSPS) is 14.6. The monoisotopic (exact) mass is 522 g/mol. The van der Waals surface area contributed by atoms with Gasteiger partial charge in [0.05, 0.1) is 34.8 Å². The number of piperazine rings is 1. The molecule has 1 saturated heterocycles. The maximum absolute atomic E-state index is 8.94. The van der Waals surface area contributed by atoms with E-state index in [4.69, 9.17) is 10.4 Å². The van der Waals surface area contributed by atoms with E-state index in [0.29, 0.717) is 29.8 Å². The molecule has 0 bridgehead atoms. The molecule has 0 amide bonds. The Morgan fingerprint density at radius 3 is 2.62 bits per heavy atom. The van der Waals surface area contributed by atoms with Crippen molar-refractivity contribution in [3.63, 3.8) is 0 Å². The number of anilines is 3. The lowest BCUT2D eigenvalue weighted by Crippen LogP contribution is -2.48. The number of fused-ring (bicyclic) bond motifs is 1. The molecule has 0 saturated carbocycles.